The second kappa shape index (κ2) is 9.12. The van der Waals surface area contributed by atoms with E-state index in [4.69, 9.17) is 0 Å². The third-order valence-corrected chi connectivity index (χ3v) is 4.09. The molecule has 1 aromatic carbocycles. The molecule has 0 aliphatic heterocycles. The highest BCUT2D eigenvalue weighted by atomic mass is 16.6. The molecule has 1 aromatic heterocycles. The highest BCUT2D eigenvalue weighted by molar-refractivity contribution is 6.00. The molecule has 0 unspecified atom stereocenters. The van der Waals surface area contributed by atoms with Crippen molar-refractivity contribution in [3.63, 3.8) is 0 Å². The fourth-order valence-electron chi connectivity index (χ4n) is 2.81. The summed E-state index contributed by atoms with van der Waals surface area (Å²) in [5.41, 5.74) is 4.09. The number of rotatable bonds is 8. The number of H-pyrrole nitrogens is 1. The topological polar surface area (TPSA) is 122 Å². The van der Waals surface area contributed by atoms with Crippen LogP contribution >= 0.6 is 0 Å². The molecule has 0 aliphatic carbocycles. The maximum Gasteiger partial charge on any atom is 0.280 e. The number of nitro benzene ring substituents is 1. The van der Waals surface area contributed by atoms with Crippen LogP contribution in [0.1, 0.15) is 51.8 Å². The lowest BCUT2D eigenvalue weighted by atomic mass is 10.1. The van der Waals surface area contributed by atoms with Crippen LogP contribution < -0.4 is 11.0 Å². The average Bonchev–Trinajstić information content (AvgIpc) is 2.96. The Labute approximate surface area is 162 Å². The molecule has 0 fully saturated rings. The van der Waals surface area contributed by atoms with Crippen LogP contribution in [0, 0.1) is 16.0 Å². The lowest BCUT2D eigenvalue weighted by molar-refractivity contribution is -0.384. The van der Waals surface area contributed by atoms with Gasteiger partial charge in [0.25, 0.3) is 11.2 Å². The molecule has 0 saturated carbocycles. The van der Waals surface area contributed by atoms with Crippen LogP contribution in [-0.4, -0.2) is 26.3 Å². The van der Waals surface area contributed by atoms with Gasteiger partial charge in [-0.2, -0.15) is 5.10 Å². The van der Waals surface area contributed by atoms with Gasteiger partial charge >= 0.3 is 0 Å². The van der Waals surface area contributed by atoms with Crippen molar-refractivity contribution in [2.45, 2.75) is 47.0 Å². The van der Waals surface area contributed by atoms with E-state index in [0.29, 0.717) is 35.5 Å². The van der Waals surface area contributed by atoms with Crippen LogP contribution in [0.3, 0.4) is 0 Å². The number of carbonyl (C=O) groups is 1. The minimum Gasteiger partial charge on any atom is -0.294 e. The number of carbonyl (C=O) groups excluding carboxylic acids is 1. The summed E-state index contributed by atoms with van der Waals surface area (Å²) in [7, 11) is 0. The quantitative estimate of drug-likeness (QED) is 0.411. The Morgan fingerprint density at radius 2 is 1.96 bits per heavy atom. The zero-order valence-electron chi connectivity index (χ0n) is 16.5. The maximum atomic E-state index is 13.0. The van der Waals surface area contributed by atoms with Crippen LogP contribution in [0.15, 0.2) is 34.2 Å². The summed E-state index contributed by atoms with van der Waals surface area (Å²) in [5.74, 6) is -0.00426. The van der Waals surface area contributed by atoms with E-state index in [2.05, 4.69) is 15.6 Å². The molecule has 2 rings (SSSR count). The smallest absolute Gasteiger partial charge is 0.280 e. The molecular weight excluding hydrogens is 362 g/mol. The average molecular weight is 387 g/mol. The number of hydrogen-bond acceptors (Lipinski definition) is 5. The van der Waals surface area contributed by atoms with Gasteiger partial charge in [-0.05, 0) is 31.4 Å². The fourth-order valence-corrected chi connectivity index (χ4v) is 2.81. The van der Waals surface area contributed by atoms with Crippen molar-refractivity contribution in [2.24, 2.45) is 11.0 Å². The Morgan fingerprint density at radius 1 is 1.32 bits per heavy atom. The molecule has 0 aliphatic rings. The fraction of sp³-hybridized carbons (Fsp3) is 0.421. The van der Waals surface area contributed by atoms with E-state index in [1.165, 1.54) is 28.9 Å². The lowest BCUT2D eigenvalue weighted by Gasteiger charge is -2.04. The summed E-state index contributed by atoms with van der Waals surface area (Å²) in [4.78, 5) is 35.1. The summed E-state index contributed by atoms with van der Waals surface area (Å²) in [5, 5.41) is 18.0. The zero-order chi connectivity index (χ0) is 20.8. The number of aromatic nitrogens is 2. The van der Waals surface area contributed by atoms with Crippen molar-refractivity contribution in [1.29, 1.82) is 0 Å². The molecule has 9 nitrogen and oxygen atoms in total. The Kier molecular flexibility index (Phi) is 6.86. The normalized spacial score (nSPS) is 11.7. The number of nitro groups is 1. The van der Waals surface area contributed by atoms with Crippen LogP contribution in [-0.2, 0) is 11.2 Å². The Balaban J connectivity index is 2.40. The van der Waals surface area contributed by atoms with Crippen LogP contribution in [0.2, 0.25) is 0 Å². The maximum absolute atomic E-state index is 13.0. The highest BCUT2D eigenvalue weighted by Gasteiger charge is 2.18. The minimum atomic E-state index is -0.494. The number of hydrogen-bond donors (Lipinski definition) is 2. The van der Waals surface area contributed by atoms with E-state index in [-0.39, 0.29) is 23.1 Å². The van der Waals surface area contributed by atoms with Gasteiger partial charge in [0.1, 0.15) is 0 Å². The zero-order valence-corrected chi connectivity index (χ0v) is 16.5. The molecule has 2 aromatic rings. The van der Waals surface area contributed by atoms with Gasteiger partial charge in [0.2, 0.25) is 5.91 Å². The van der Waals surface area contributed by atoms with Gasteiger partial charge in [-0.25, -0.2) is 10.1 Å². The summed E-state index contributed by atoms with van der Waals surface area (Å²) < 4.78 is 1.33. The van der Waals surface area contributed by atoms with Crippen LogP contribution in [0.25, 0.3) is 5.69 Å². The molecule has 1 amide bonds. The Hall–Kier alpha value is -3.23. The Bertz CT molecular complexity index is 938. The monoisotopic (exact) mass is 387 g/mol. The first-order chi connectivity index (χ1) is 13.2. The predicted molar refractivity (Wildman–Crippen MR) is 107 cm³/mol. The highest BCUT2D eigenvalue weighted by Crippen LogP contribution is 2.15. The summed E-state index contributed by atoms with van der Waals surface area (Å²) in [6.07, 6.45) is 1.77. The van der Waals surface area contributed by atoms with Crippen molar-refractivity contribution in [3.8, 4) is 5.69 Å². The molecule has 28 heavy (non-hydrogen) atoms. The van der Waals surface area contributed by atoms with Crippen molar-refractivity contribution < 1.29 is 9.72 Å². The second-order valence-corrected chi connectivity index (χ2v) is 6.96. The lowest BCUT2D eigenvalue weighted by Crippen LogP contribution is -2.24. The van der Waals surface area contributed by atoms with Crippen molar-refractivity contribution in [1.82, 2.24) is 15.2 Å². The molecule has 150 valence electrons. The van der Waals surface area contributed by atoms with Gasteiger partial charge in [-0.3, -0.25) is 24.8 Å². The largest absolute Gasteiger partial charge is 0.294 e. The number of hydrazone groups is 1. The number of aryl methyl sites for hydroxylation is 1. The van der Waals surface area contributed by atoms with Gasteiger partial charge in [0, 0.05) is 24.2 Å². The SMILES string of the molecule is CCCc1[nH]n(-c2ccc([N+](=O)[O-])cc2)c(=O)c1/C(C)=N/NC(=O)CC(C)C. The number of nitrogens with one attached hydrogen (secondary N) is 2. The van der Waals surface area contributed by atoms with Gasteiger partial charge in [-0.15, -0.1) is 0 Å². The molecule has 9 heteroatoms. The predicted octanol–water partition coefficient (Wildman–Crippen LogP) is 2.91. The summed E-state index contributed by atoms with van der Waals surface area (Å²) in [6.45, 7) is 7.52. The first-order valence-corrected chi connectivity index (χ1v) is 9.16. The van der Waals surface area contributed by atoms with Gasteiger partial charge in [0.05, 0.1) is 21.9 Å². The minimum absolute atomic E-state index is 0.0528. The molecule has 0 bridgehead atoms. The van der Waals surface area contributed by atoms with E-state index in [9.17, 15) is 19.7 Å². The van der Waals surface area contributed by atoms with E-state index in [1.54, 1.807) is 6.92 Å². The van der Waals surface area contributed by atoms with Crippen LogP contribution in [0.5, 0.6) is 0 Å². The van der Waals surface area contributed by atoms with Gasteiger partial charge in [-0.1, -0.05) is 27.2 Å². The number of amides is 1. The van der Waals surface area contributed by atoms with E-state index < -0.39 is 4.92 Å². The molecule has 0 saturated heterocycles. The third-order valence-electron chi connectivity index (χ3n) is 4.09. The first kappa shape index (κ1) is 21.1. The molecule has 0 radical (unpaired) electrons. The van der Waals surface area contributed by atoms with Gasteiger partial charge < -0.3 is 0 Å². The van der Waals surface area contributed by atoms with Crippen LogP contribution in [0.4, 0.5) is 5.69 Å². The Morgan fingerprint density at radius 3 is 2.50 bits per heavy atom. The molecule has 0 spiro atoms. The van der Waals surface area contributed by atoms with Crippen molar-refractivity contribution in [3.05, 3.63) is 56.0 Å². The van der Waals surface area contributed by atoms with E-state index in [1.807, 2.05) is 20.8 Å². The summed E-state index contributed by atoms with van der Waals surface area (Å²) >= 11 is 0. The number of benzene rings is 1. The molecule has 2 N–H and O–H groups in total. The van der Waals surface area contributed by atoms with Crippen molar-refractivity contribution >= 4 is 17.3 Å². The van der Waals surface area contributed by atoms with Gasteiger partial charge in [0.15, 0.2) is 0 Å². The molecule has 0 atom stereocenters. The van der Waals surface area contributed by atoms with E-state index >= 15 is 0 Å². The third kappa shape index (κ3) is 4.93. The van der Waals surface area contributed by atoms with Crippen molar-refractivity contribution in [2.75, 3.05) is 0 Å². The number of aromatic amines is 1. The first-order valence-electron chi connectivity index (χ1n) is 9.16. The summed E-state index contributed by atoms with van der Waals surface area (Å²) in [6, 6.07) is 5.70. The molecule has 1 heterocycles. The standard InChI is InChI=1S/C19H25N5O4/c1-5-6-16-18(13(4)20-21-17(25)11-12(2)3)19(26)23(22-16)14-7-9-15(10-8-14)24(27)28/h7-10,12,22H,5-6,11H2,1-4H3,(H,21,25)/b20-13+. The second-order valence-electron chi connectivity index (χ2n) is 6.96. The number of non-ortho nitro benzene ring substituents is 1. The molecular formula is C19H25N5O4. The number of nitrogens with zero attached hydrogens (tertiary/aromatic N) is 3. The van der Waals surface area contributed by atoms with E-state index in [0.717, 1.165) is 6.42 Å².